The molecule has 0 saturated heterocycles. The number of aryl methyl sites for hydroxylation is 1. The summed E-state index contributed by atoms with van der Waals surface area (Å²) in [5.41, 5.74) is 7.97. The highest BCUT2D eigenvalue weighted by Gasteiger charge is 2.09. The summed E-state index contributed by atoms with van der Waals surface area (Å²) in [5.74, 6) is 1.07. The molecule has 3 N–H and O–H groups in total. The Kier molecular flexibility index (Phi) is 5.91. The average molecular weight is 252 g/mol. The van der Waals surface area contributed by atoms with Crippen LogP contribution in [0.2, 0.25) is 0 Å². The monoisotopic (exact) mass is 252 g/mol. The molecule has 0 atom stereocenters. The summed E-state index contributed by atoms with van der Waals surface area (Å²) < 4.78 is 0. The van der Waals surface area contributed by atoms with Crippen LogP contribution in [-0.4, -0.2) is 24.5 Å². The molecule has 1 amide bonds. The van der Waals surface area contributed by atoms with E-state index in [4.69, 9.17) is 5.73 Å². The summed E-state index contributed by atoms with van der Waals surface area (Å²) in [6.07, 6.45) is 4.23. The smallest absolute Gasteiger partial charge is 0.253 e. The first kappa shape index (κ1) is 13.9. The van der Waals surface area contributed by atoms with E-state index in [-0.39, 0.29) is 5.91 Å². The molecule has 0 radical (unpaired) electrons. The van der Waals surface area contributed by atoms with E-state index in [0.29, 0.717) is 17.8 Å². The molecule has 17 heavy (non-hydrogen) atoms. The fourth-order valence-corrected chi connectivity index (χ4v) is 2.04. The van der Waals surface area contributed by atoms with E-state index in [2.05, 4.69) is 11.6 Å². The van der Waals surface area contributed by atoms with Gasteiger partial charge in [0.2, 0.25) is 0 Å². The van der Waals surface area contributed by atoms with Crippen LogP contribution in [-0.2, 0) is 0 Å². The van der Waals surface area contributed by atoms with Crippen molar-refractivity contribution in [2.75, 3.05) is 24.3 Å². The van der Waals surface area contributed by atoms with Gasteiger partial charge >= 0.3 is 0 Å². The lowest BCUT2D eigenvalue weighted by molar-refractivity contribution is 0.0954. The molecule has 0 saturated carbocycles. The van der Waals surface area contributed by atoms with Gasteiger partial charge in [0.15, 0.2) is 0 Å². The maximum absolute atomic E-state index is 11.9. The zero-order valence-corrected chi connectivity index (χ0v) is 11.3. The molecule has 1 aromatic rings. The first-order chi connectivity index (χ1) is 8.16. The maximum Gasteiger partial charge on any atom is 0.253 e. The Bertz CT molecular complexity index is 380. The van der Waals surface area contributed by atoms with Gasteiger partial charge < -0.3 is 11.1 Å². The minimum Gasteiger partial charge on any atom is -0.398 e. The number of carbonyl (C=O) groups is 1. The Morgan fingerprint density at radius 1 is 1.41 bits per heavy atom. The number of para-hydroxylation sites is 1. The third-order valence-corrected chi connectivity index (χ3v) is 3.33. The fraction of sp³-hybridized carbons (Fsp3) is 0.462. The fourth-order valence-electron chi connectivity index (χ4n) is 1.55. The molecule has 0 fully saturated rings. The van der Waals surface area contributed by atoms with E-state index in [0.717, 1.165) is 24.2 Å². The van der Waals surface area contributed by atoms with Gasteiger partial charge in [0, 0.05) is 12.2 Å². The number of unbranched alkanes of at least 4 members (excludes halogenated alkanes) is 1. The predicted octanol–water partition coefficient (Wildman–Crippen LogP) is 2.45. The summed E-state index contributed by atoms with van der Waals surface area (Å²) in [6, 6.07) is 5.53. The number of carbonyl (C=O) groups excluding carboxylic acids is 1. The number of hydrogen-bond donors (Lipinski definition) is 2. The molecule has 94 valence electrons. The Balaban J connectivity index is 2.44. The minimum atomic E-state index is -0.0737. The number of nitrogen functional groups attached to an aromatic ring is 1. The largest absolute Gasteiger partial charge is 0.398 e. The normalized spacial score (nSPS) is 10.2. The first-order valence-corrected chi connectivity index (χ1v) is 7.18. The summed E-state index contributed by atoms with van der Waals surface area (Å²) in [5, 5.41) is 2.90. The highest BCUT2D eigenvalue weighted by Crippen LogP contribution is 2.16. The Hall–Kier alpha value is -1.16. The summed E-state index contributed by atoms with van der Waals surface area (Å²) in [7, 11) is 0. The Morgan fingerprint density at radius 3 is 2.88 bits per heavy atom. The number of benzene rings is 1. The number of amides is 1. The molecule has 3 nitrogen and oxygen atoms in total. The van der Waals surface area contributed by atoms with Gasteiger partial charge in [-0.1, -0.05) is 12.1 Å². The van der Waals surface area contributed by atoms with Gasteiger partial charge in [-0.3, -0.25) is 4.79 Å². The maximum atomic E-state index is 11.9. The topological polar surface area (TPSA) is 55.1 Å². The first-order valence-electron chi connectivity index (χ1n) is 5.79. The summed E-state index contributed by atoms with van der Waals surface area (Å²) in [4.78, 5) is 11.9. The number of anilines is 1. The highest BCUT2D eigenvalue weighted by atomic mass is 32.2. The molecular formula is C13H20N2OS. The lowest BCUT2D eigenvalue weighted by atomic mass is 10.1. The number of nitrogens with two attached hydrogens (primary N) is 1. The van der Waals surface area contributed by atoms with Crippen LogP contribution >= 0.6 is 11.8 Å². The predicted molar refractivity (Wildman–Crippen MR) is 75.5 cm³/mol. The number of thioether (sulfide) groups is 1. The molecule has 0 aromatic heterocycles. The zero-order valence-electron chi connectivity index (χ0n) is 10.5. The van der Waals surface area contributed by atoms with Gasteiger partial charge in [-0.15, -0.1) is 0 Å². The van der Waals surface area contributed by atoms with Crippen LogP contribution in [0.3, 0.4) is 0 Å². The number of rotatable bonds is 6. The second-order valence-corrected chi connectivity index (χ2v) is 4.98. The van der Waals surface area contributed by atoms with E-state index in [9.17, 15) is 4.79 Å². The van der Waals surface area contributed by atoms with Crippen molar-refractivity contribution >= 4 is 23.4 Å². The molecule has 4 heteroatoms. The number of nitrogens with one attached hydrogen (secondary N) is 1. The van der Waals surface area contributed by atoms with E-state index >= 15 is 0 Å². The third-order valence-electron chi connectivity index (χ3n) is 2.63. The SMILES string of the molecule is CSCCCCNC(=O)c1cccc(C)c1N. The molecule has 0 aliphatic rings. The average Bonchev–Trinajstić information content (AvgIpc) is 2.32. The van der Waals surface area contributed by atoms with E-state index in [1.165, 1.54) is 0 Å². The standard InChI is InChI=1S/C13H20N2OS/c1-10-6-5-7-11(12(10)14)13(16)15-8-3-4-9-17-2/h5-7H,3-4,8-9,14H2,1-2H3,(H,15,16). The van der Waals surface area contributed by atoms with Crippen LogP contribution in [0.1, 0.15) is 28.8 Å². The van der Waals surface area contributed by atoms with Crippen molar-refractivity contribution in [2.24, 2.45) is 0 Å². The van der Waals surface area contributed by atoms with Crippen LogP contribution in [0.25, 0.3) is 0 Å². The highest BCUT2D eigenvalue weighted by molar-refractivity contribution is 7.98. The lowest BCUT2D eigenvalue weighted by Crippen LogP contribution is -2.25. The number of hydrogen-bond acceptors (Lipinski definition) is 3. The van der Waals surface area contributed by atoms with E-state index in [1.807, 2.05) is 30.8 Å². The van der Waals surface area contributed by atoms with Crippen molar-refractivity contribution in [3.05, 3.63) is 29.3 Å². The van der Waals surface area contributed by atoms with Gasteiger partial charge in [0.05, 0.1) is 5.56 Å². The van der Waals surface area contributed by atoms with Crippen molar-refractivity contribution in [1.29, 1.82) is 0 Å². The minimum absolute atomic E-state index is 0.0737. The molecule has 0 aliphatic heterocycles. The molecule has 0 heterocycles. The summed E-state index contributed by atoms with van der Waals surface area (Å²) in [6.45, 7) is 2.62. The van der Waals surface area contributed by atoms with E-state index in [1.54, 1.807) is 6.07 Å². The molecule has 0 unspecified atom stereocenters. The van der Waals surface area contributed by atoms with Crippen LogP contribution in [0.15, 0.2) is 18.2 Å². The molecule has 1 rings (SSSR count). The Morgan fingerprint density at radius 2 is 2.18 bits per heavy atom. The zero-order chi connectivity index (χ0) is 12.7. The van der Waals surface area contributed by atoms with Gasteiger partial charge in [0.25, 0.3) is 5.91 Å². The Labute approximate surface area is 107 Å². The van der Waals surface area contributed by atoms with Crippen molar-refractivity contribution in [3.8, 4) is 0 Å². The van der Waals surface area contributed by atoms with Crippen LogP contribution in [0.5, 0.6) is 0 Å². The van der Waals surface area contributed by atoms with Crippen molar-refractivity contribution < 1.29 is 4.79 Å². The molecule has 1 aromatic carbocycles. The molecule has 0 spiro atoms. The molecular weight excluding hydrogens is 232 g/mol. The summed E-state index contributed by atoms with van der Waals surface area (Å²) >= 11 is 1.83. The lowest BCUT2D eigenvalue weighted by Gasteiger charge is -2.09. The quantitative estimate of drug-likeness (QED) is 0.604. The molecule has 0 bridgehead atoms. The third kappa shape index (κ3) is 4.30. The second-order valence-electron chi connectivity index (χ2n) is 3.99. The van der Waals surface area contributed by atoms with Crippen LogP contribution < -0.4 is 11.1 Å². The second kappa shape index (κ2) is 7.22. The van der Waals surface area contributed by atoms with Crippen LogP contribution in [0, 0.1) is 6.92 Å². The van der Waals surface area contributed by atoms with Crippen molar-refractivity contribution in [3.63, 3.8) is 0 Å². The van der Waals surface area contributed by atoms with Gasteiger partial charge in [-0.2, -0.15) is 11.8 Å². The van der Waals surface area contributed by atoms with Gasteiger partial charge in [0.1, 0.15) is 0 Å². The molecule has 0 aliphatic carbocycles. The van der Waals surface area contributed by atoms with Crippen molar-refractivity contribution in [2.45, 2.75) is 19.8 Å². The van der Waals surface area contributed by atoms with Crippen LogP contribution in [0.4, 0.5) is 5.69 Å². The van der Waals surface area contributed by atoms with E-state index < -0.39 is 0 Å². The van der Waals surface area contributed by atoms with Gasteiger partial charge in [-0.05, 0) is 43.4 Å². The van der Waals surface area contributed by atoms with Gasteiger partial charge in [-0.25, -0.2) is 0 Å². The van der Waals surface area contributed by atoms with Crippen molar-refractivity contribution in [1.82, 2.24) is 5.32 Å².